The maximum Gasteiger partial charge on any atom is 0.125 e. The Hall–Kier alpha value is -1.84. The molecule has 4 heteroatoms. The number of nitrogens with one attached hydrogen (secondary N) is 1. The molecule has 1 aromatic heterocycles. The van der Waals surface area contributed by atoms with Gasteiger partial charge in [-0.25, -0.2) is 4.39 Å². The minimum Gasteiger partial charge on any atom is -0.381 e. The number of halogens is 1. The predicted octanol–water partition coefficient (Wildman–Crippen LogP) is 2.79. The molecule has 90 valence electrons. The third kappa shape index (κ3) is 2.84. The summed E-state index contributed by atoms with van der Waals surface area (Å²) in [7, 11) is 1.89. The monoisotopic (exact) mass is 233 g/mol. The van der Waals surface area contributed by atoms with Crippen molar-refractivity contribution in [1.29, 1.82) is 0 Å². The summed E-state index contributed by atoms with van der Waals surface area (Å²) >= 11 is 0. The molecule has 3 nitrogen and oxygen atoms in total. The molecule has 0 unspecified atom stereocenters. The van der Waals surface area contributed by atoms with E-state index in [0.717, 1.165) is 22.5 Å². The first-order chi connectivity index (χ1) is 8.04. The number of hydrogen-bond donors (Lipinski definition) is 1. The van der Waals surface area contributed by atoms with E-state index in [4.69, 9.17) is 0 Å². The van der Waals surface area contributed by atoms with Crippen molar-refractivity contribution in [3.63, 3.8) is 0 Å². The van der Waals surface area contributed by atoms with Gasteiger partial charge in [0.05, 0.1) is 5.69 Å². The van der Waals surface area contributed by atoms with Gasteiger partial charge in [-0.2, -0.15) is 5.10 Å². The van der Waals surface area contributed by atoms with Crippen molar-refractivity contribution >= 4 is 5.69 Å². The zero-order chi connectivity index (χ0) is 12.4. The Kier molecular flexibility index (Phi) is 3.13. The van der Waals surface area contributed by atoms with E-state index in [9.17, 15) is 4.39 Å². The lowest BCUT2D eigenvalue weighted by molar-refractivity contribution is 0.627. The van der Waals surface area contributed by atoms with E-state index in [1.807, 2.05) is 33.2 Å². The summed E-state index contributed by atoms with van der Waals surface area (Å²) in [6, 6.07) is 4.94. The Labute approximate surface area is 100 Å². The van der Waals surface area contributed by atoms with Gasteiger partial charge in [-0.1, -0.05) is 0 Å². The average Bonchev–Trinajstić information content (AvgIpc) is 2.53. The number of aryl methyl sites for hydroxylation is 3. The number of anilines is 1. The van der Waals surface area contributed by atoms with Gasteiger partial charge in [0.1, 0.15) is 5.82 Å². The second kappa shape index (κ2) is 4.57. The van der Waals surface area contributed by atoms with Crippen LogP contribution < -0.4 is 5.32 Å². The fraction of sp³-hybridized carbons (Fsp3) is 0.308. The molecule has 0 atom stereocenters. The highest BCUT2D eigenvalue weighted by atomic mass is 19.1. The molecule has 0 bridgehead atoms. The summed E-state index contributed by atoms with van der Waals surface area (Å²) in [5.41, 5.74) is 3.82. The third-order valence-electron chi connectivity index (χ3n) is 2.64. The first-order valence-electron chi connectivity index (χ1n) is 5.55. The fourth-order valence-corrected chi connectivity index (χ4v) is 1.86. The van der Waals surface area contributed by atoms with Crippen LogP contribution in [0, 0.1) is 19.7 Å². The zero-order valence-electron chi connectivity index (χ0n) is 10.3. The first-order valence-corrected chi connectivity index (χ1v) is 5.55. The summed E-state index contributed by atoms with van der Waals surface area (Å²) in [5, 5.41) is 7.46. The molecular weight excluding hydrogens is 217 g/mol. The van der Waals surface area contributed by atoms with Crippen molar-refractivity contribution in [3.8, 4) is 0 Å². The maximum atomic E-state index is 13.2. The van der Waals surface area contributed by atoms with Crippen LogP contribution in [-0.2, 0) is 13.6 Å². The van der Waals surface area contributed by atoms with Crippen LogP contribution in [0.4, 0.5) is 10.1 Å². The molecule has 17 heavy (non-hydrogen) atoms. The largest absolute Gasteiger partial charge is 0.381 e. The van der Waals surface area contributed by atoms with E-state index in [2.05, 4.69) is 10.4 Å². The Morgan fingerprint density at radius 3 is 2.65 bits per heavy atom. The number of nitrogens with zero attached hydrogens (tertiary/aromatic N) is 2. The van der Waals surface area contributed by atoms with Crippen LogP contribution in [0.25, 0.3) is 0 Å². The molecule has 0 radical (unpaired) electrons. The molecule has 0 saturated carbocycles. The van der Waals surface area contributed by atoms with Crippen LogP contribution in [0.15, 0.2) is 24.4 Å². The third-order valence-corrected chi connectivity index (χ3v) is 2.64. The van der Waals surface area contributed by atoms with Crippen LogP contribution >= 0.6 is 0 Å². The van der Waals surface area contributed by atoms with Gasteiger partial charge < -0.3 is 5.32 Å². The van der Waals surface area contributed by atoms with Gasteiger partial charge in [0.2, 0.25) is 0 Å². The average molecular weight is 233 g/mol. The van der Waals surface area contributed by atoms with Gasteiger partial charge in [-0.15, -0.1) is 0 Å². The second-order valence-electron chi connectivity index (χ2n) is 4.28. The lowest BCUT2D eigenvalue weighted by atomic mass is 10.2. The Balaban J connectivity index is 2.09. The molecule has 0 saturated heterocycles. The molecule has 2 aromatic rings. The molecule has 0 fully saturated rings. The SMILES string of the molecule is Cc1cc(F)cc(NCc2cn(C)nc2C)c1. The van der Waals surface area contributed by atoms with Crippen molar-refractivity contribution < 1.29 is 4.39 Å². The van der Waals surface area contributed by atoms with Crippen LogP contribution in [0.1, 0.15) is 16.8 Å². The van der Waals surface area contributed by atoms with Gasteiger partial charge in [-0.3, -0.25) is 4.68 Å². The van der Waals surface area contributed by atoms with Gasteiger partial charge in [-0.05, 0) is 37.6 Å². The van der Waals surface area contributed by atoms with Crippen LogP contribution in [0.3, 0.4) is 0 Å². The molecule has 0 aliphatic rings. The Morgan fingerprint density at radius 1 is 1.29 bits per heavy atom. The normalized spacial score (nSPS) is 10.6. The van der Waals surface area contributed by atoms with Crippen molar-refractivity contribution in [2.45, 2.75) is 20.4 Å². The van der Waals surface area contributed by atoms with E-state index in [0.29, 0.717) is 6.54 Å². The lowest BCUT2D eigenvalue weighted by Crippen LogP contribution is -2.00. The molecule has 0 aliphatic heterocycles. The minimum atomic E-state index is -0.213. The zero-order valence-corrected chi connectivity index (χ0v) is 10.3. The summed E-state index contributed by atoms with van der Waals surface area (Å²) in [4.78, 5) is 0. The number of aromatic nitrogens is 2. The number of hydrogen-bond acceptors (Lipinski definition) is 2. The topological polar surface area (TPSA) is 29.9 Å². The standard InChI is InChI=1S/C13H16FN3/c1-9-4-12(14)6-13(5-9)15-7-11-8-17(3)16-10(11)2/h4-6,8,15H,7H2,1-3H3. The summed E-state index contributed by atoms with van der Waals surface area (Å²) in [5.74, 6) is -0.213. The van der Waals surface area contributed by atoms with E-state index in [1.165, 1.54) is 12.1 Å². The van der Waals surface area contributed by atoms with Crippen LogP contribution in [0.5, 0.6) is 0 Å². The molecule has 1 heterocycles. The van der Waals surface area contributed by atoms with Crippen molar-refractivity contribution in [1.82, 2.24) is 9.78 Å². The van der Waals surface area contributed by atoms with Gasteiger partial charge in [0.15, 0.2) is 0 Å². The smallest absolute Gasteiger partial charge is 0.125 e. The van der Waals surface area contributed by atoms with E-state index >= 15 is 0 Å². The van der Waals surface area contributed by atoms with Crippen LogP contribution in [0.2, 0.25) is 0 Å². The highest BCUT2D eigenvalue weighted by molar-refractivity contribution is 5.46. The Bertz CT molecular complexity index is 511. The van der Waals surface area contributed by atoms with Crippen LogP contribution in [-0.4, -0.2) is 9.78 Å². The van der Waals surface area contributed by atoms with Gasteiger partial charge in [0, 0.05) is 31.0 Å². The molecular formula is C13H16FN3. The summed E-state index contributed by atoms with van der Waals surface area (Å²) in [6.45, 7) is 4.50. The summed E-state index contributed by atoms with van der Waals surface area (Å²) in [6.07, 6.45) is 1.97. The quantitative estimate of drug-likeness (QED) is 0.883. The van der Waals surface area contributed by atoms with E-state index < -0.39 is 0 Å². The summed E-state index contributed by atoms with van der Waals surface area (Å²) < 4.78 is 15.0. The highest BCUT2D eigenvalue weighted by Gasteiger charge is 2.03. The van der Waals surface area contributed by atoms with E-state index in [1.54, 1.807) is 4.68 Å². The fourth-order valence-electron chi connectivity index (χ4n) is 1.86. The van der Waals surface area contributed by atoms with Crippen molar-refractivity contribution in [3.05, 3.63) is 47.0 Å². The molecule has 1 aromatic carbocycles. The minimum absolute atomic E-state index is 0.213. The molecule has 1 N–H and O–H groups in total. The molecule has 0 spiro atoms. The van der Waals surface area contributed by atoms with Crippen molar-refractivity contribution in [2.75, 3.05) is 5.32 Å². The first kappa shape index (κ1) is 11.6. The van der Waals surface area contributed by atoms with E-state index in [-0.39, 0.29) is 5.82 Å². The Morgan fingerprint density at radius 2 is 2.06 bits per heavy atom. The number of rotatable bonds is 3. The molecule has 0 aliphatic carbocycles. The van der Waals surface area contributed by atoms with Gasteiger partial charge in [0.25, 0.3) is 0 Å². The number of benzene rings is 1. The highest BCUT2D eigenvalue weighted by Crippen LogP contribution is 2.15. The molecule has 0 amide bonds. The maximum absolute atomic E-state index is 13.2. The van der Waals surface area contributed by atoms with Crippen molar-refractivity contribution in [2.24, 2.45) is 7.05 Å². The van der Waals surface area contributed by atoms with Gasteiger partial charge >= 0.3 is 0 Å². The predicted molar refractivity (Wildman–Crippen MR) is 66.4 cm³/mol. The molecule has 2 rings (SSSR count). The second-order valence-corrected chi connectivity index (χ2v) is 4.28. The lowest BCUT2D eigenvalue weighted by Gasteiger charge is -2.06.